The normalized spacial score (nSPS) is 11.0. The molecule has 0 aliphatic heterocycles. The standard InChI is InChI=1S/C13H21ClN2O2/c1-4-5-15-9-11(14)8-12(15)13(18)16(6-7-17)10(2)3/h8-10,17H,4-7H2,1-3H3. The lowest BCUT2D eigenvalue weighted by atomic mass is 10.2. The maximum atomic E-state index is 12.4. The summed E-state index contributed by atoms with van der Waals surface area (Å²) in [6, 6.07) is 1.74. The van der Waals surface area contributed by atoms with Crippen LogP contribution >= 0.6 is 11.6 Å². The van der Waals surface area contributed by atoms with Crippen LogP contribution in [0.2, 0.25) is 5.02 Å². The summed E-state index contributed by atoms with van der Waals surface area (Å²) in [6.45, 7) is 6.98. The summed E-state index contributed by atoms with van der Waals surface area (Å²) in [6.07, 6.45) is 2.71. The van der Waals surface area contributed by atoms with Crippen LogP contribution in [0.15, 0.2) is 12.3 Å². The van der Waals surface area contributed by atoms with Crippen molar-refractivity contribution < 1.29 is 9.90 Å². The number of aromatic nitrogens is 1. The summed E-state index contributed by atoms with van der Waals surface area (Å²) in [4.78, 5) is 14.1. The van der Waals surface area contributed by atoms with E-state index < -0.39 is 0 Å². The van der Waals surface area contributed by atoms with Crippen LogP contribution in [0.4, 0.5) is 0 Å². The van der Waals surface area contributed by atoms with Crippen LogP contribution in [0.25, 0.3) is 0 Å². The van der Waals surface area contributed by atoms with E-state index in [2.05, 4.69) is 6.92 Å². The molecule has 0 aliphatic carbocycles. The molecule has 1 N–H and O–H groups in total. The minimum absolute atomic E-state index is 0.0356. The quantitative estimate of drug-likeness (QED) is 0.864. The Balaban J connectivity index is 3.00. The van der Waals surface area contributed by atoms with Gasteiger partial charge in [-0.2, -0.15) is 0 Å². The summed E-state index contributed by atoms with van der Waals surface area (Å²) in [5, 5.41) is 9.60. The van der Waals surface area contributed by atoms with Gasteiger partial charge in [-0.15, -0.1) is 0 Å². The Morgan fingerprint density at radius 3 is 2.72 bits per heavy atom. The van der Waals surface area contributed by atoms with Crippen LogP contribution in [-0.2, 0) is 6.54 Å². The molecule has 0 fully saturated rings. The van der Waals surface area contributed by atoms with Gasteiger partial charge in [0.15, 0.2) is 0 Å². The lowest BCUT2D eigenvalue weighted by molar-refractivity contribution is 0.0654. The van der Waals surface area contributed by atoms with Gasteiger partial charge in [0, 0.05) is 25.3 Å². The van der Waals surface area contributed by atoms with E-state index in [1.165, 1.54) is 0 Å². The molecule has 0 saturated heterocycles. The molecule has 1 heterocycles. The van der Waals surface area contributed by atoms with Crippen molar-refractivity contribution in [1.82, 2.24) is 9.47 Å². The van der Waals surface area contributed by atoms with Gasteiger partial charge in [-0.25, -0.2) is 0 Å². The third-order valence-electron chi connectivity index (χ3n) is 2.77. The first-order valence-electron chi connectivity index (χ1n) is 6.28. The Hall–Kier alpha value is -1.00. The zero-order valence-corrected chi connectivity index (χ0v) is 11.9. The molecular weight excluding hydrogens is 252 g/mol. The number of hydrogen-bond acceptors (Lipinski definition) is 2. The second kappa shape index (κ2) is 6.81. The highest BCUT2D eigenvalue weighted by molar-refractivity contribution is 6.31. The average Bonchev–Trinajstić information content (AvgIpc) is 2.66. The van der Waals surface area contributed by atoms with Crippen molar-refractivity contribution in [3.63, 3.8) is 0 Å². The number of nitrogens with zero attached hydrogens (tertiary/aromatic N) is 2. The van der Waals surface area contributed by atoms with E-state index in [0.29, 0.717) is 17.3 Å². The molecule has 0 saturated carbocycles. The molecule has 5 heteroatoms. The van der Waals surface area contributed by atoms with Crippen LogP contribution in [0.1, 0.15) is 37.7 Å². The Morgan fingerprint density at radius 1 is 1.56 bits per heavy atom. The van der Waals surface area contributed by atoms with Gasteiger partial charge in [0.2, 0.25) is 0 Å². The van der Waals surface area contributed by atoms with Crippen molar-refractivity contribution in [2.75, 3.05) is 13.2 Å². The molecule has 1 rings (SSSR count). The van der Waals surface area contributed by atoms with Crippen molar-refractivity contribution in [2.24, 2.45) is 0 Å². The highest BCUT2D eigenvalue weighted by Gasteiger charge is 2.21. The molecule has 0 aromatic carbocycles. The van der Waals surface area contributed by atoms with E-state index in [9.17, 15) is 4.79 Å². The fraction of sp³-hybridized carbons (Fsp3) is 0.615. The number of aryl methyl sites for hydroxylation is 1. The summed E-state index contributed by atoms with van der Waals surface area (Å²) < 4.78 is 1.87. The fourth-order valence-corrected chi connectivity index (χ4v) is 2.15. The van der Waals surface area contributed by atoms with Gasteiger partial charge in [-0.3, -0.25) is 4.79 Å². The van der Waals surface area contributed by atoms with Gasteiger partial charge in [-0.05, 0) is 26.3 Å². The molecule has 1 aromatic heterocycles. The van der Waals surface area contributed by atoms with Gasteiger partial charge >= 0.3 is 0 Å². The van der Waals surface area contributed by atoms with Crippen molar-refractivity contribution >= 4 is 17.5 Å². The second-order valence-corrected chi connectivity index (χ2v) is 4.99. The number of carbonyl (C=O) groups excluding carboxylic acids is 1. The molecule has 0 unspecified atom stereocenters. The number of hydrogen-bond donors (Lipinski definition) is 1. The summed E-state index contributed by atoms with van der Waals surface area (Å²) in [5.74, 6) is -0.0839. The molecule has 1 aromatic rings. The number of aliphatic hydroxyl groups is 1. The van der Waals surface area contributed by atoms with Gasteiger partial charge in [0.1, 0.15) is 5.69 Å². The number of aliphatic hydroxyl groups excluding tert-OH is 1. The summed E-state index contributed by atoms with van der Waals surface area (Å²) >= 11 is 5.97. The smallest absolute Gasteiger partial charge is 0.270 e. The SMILES string of the molecule is CCCn1cc(Cl)cc1C(=O)N(CCO)C(C)C. The topological polar surface area (TPSA) is 45.5 Å². The van der Waals surface area contributed by atoms with Crippen molar-refractivity contribution in [3.05, 3.63) is 23.0 Å². The van der Waals surface area contributed by atoms with Gasteiger partial charge in [0.25, 0.3) is 5.91 Å². The first kappa shape index (κ1) is 15.1. The zero-order valence-electron chi connectivity index (χ0n) is 11.2. The molecule has 102 valence electrons. The molecule has 18 heavy (non-hydrogen) atoms. The maximum Gasteiger partial charge on any atom is 0.270 e. The lowest BCUT2D eigenvalue weighted by Gasteiger charge is -2.26. The lowest BCUT2D eigenvalue weighted by Crippen LogP contribution is -2.39. The molecule has 0 bridgehead atoms. The molecule has 0 spiro atoms. The largest absolute Gasteiger partial charge is 0.395 e. The number of carbonyl (C=O) groups is 1. The Bertz CT molecular complexity index is 402. The van der Waals surface area contributed by atoms with E-state index in [1.807, 2.05) is 18.4 Å². The maximum absolute atomic E-state index is 12.4. The van der Waals surface area contributed by atoms with Crippen LogP contribution < -0.4 is 0 Å². The van der Waals surface area contributed by atoms with E-state index in [1.54, 1.807) is 17.2 Å². The highest BCUT2D eigenvalue weighted by Crippen LogP contribution is 2.17. The Morgan fingerprint density at radius 2 is 2.22 bits per heavy atom. The van der Waals surface area contributed by atoms with Gasteiger partial charge < -0.3 is 14.6 Å². The van der Waals surface area contributed by atoms with E-state index in [0.717, 1.165) is 13.0 Å². The third-order valence-corrected chi connectivity index (χ3v) is 2.98. The molecule has 4 nitrogen and oxygen atoms in total. The minimum atomic E-state index is -0.0839. The van der Waals surface area contributed by atoms with E-state index >= 15 is 0 Å². The second-order valence-electron chi connectivity index (χ2n) is 4.55. The monoisotopic (exact) mass is 272 g/mol. The van der Waals surface area contributed by atoms with E-state index in [-0.39, 0.29) is 18.6 Å². The van der Waals surface area contributed by atoms with Gasteiger partial charge in [-0.1, -0.05) is 18.5 Å². The summed E-state index contributed by atoms with van der Waals surface area (Å²) in [7, 11) is 0. The highest BCUT2D eigenvalue weighted by atomic mass is 35.5. The first-order chi connectivity index (χ1) is 8.51. The number of rotatable bonds is 6. The van der Waals surface area contributed by atoms with Crippen molar-refractivity contribution in [1.29, 1.82) is 0 Å². The number of amides is 1. The van der Waals surface area contributed by atoms with E-state index in [4.69, 9.17) is 16.7 Å². The van der Waals surface area contributed by atoms with Crippen LogP contribution in [0, 0.1) is 0 Å². The average molecular weight is 273 g/mol. The van der Waals surface area contributed by atoms with Crippen LogP contribution in [-0.4, -0.2) is 39.7 Å². The Labute approximate surface area is 113 Å². The zero-order chi connectivity index (χ0) is 13.7. The predicted octanol–water partition coefficient (Wildman–Crippen LogP) is 2.39. The molecule has 0 radical (unpaired) electrons. The van der Waals surface area contributed by atoms with Crippen molar-refractivity contribution in [3.8, 4) is 0 Å². The molecule has 1 amide bonds. The predicted molar refractivity (Wildman–Crippen MR) is 73.0 cm³/mol. The third kappa shape index (κ3) is 3.50. The molecule has 0 atom stereocenters. The molecular formula is C13H21ClN2O2. The van der Waals surface area contributed by atoms with Gasteiger partial charge in [0.05, 0.1) is 11.6 Å². The fourth-order valence-electron chi connectivity index (χ4n) is 1.93. The van der Waals surface area contributed by atoms with Crippen molar-refractivity contribution in [2.45, 2.75) is 39.8 Å². The number of halogens is 1. The molecule has 0 aliphatic rings. The Kier molecular flexibility index (Phi) is 5.69. The minimum Gasteiger partial charge on any atom is -0.395 e. The van der Waals surface area contributed by atoms with Crippen LogP contribution in [0.5, 0.6) is 0 Å². The summed E-state index contributed by atoms with van der Waals surface area (Å²) in [5.41, 5.74) is 0.587. The first-order valence-corrected chi connectivity index (χ1v) is 6.66. The van der Waals surface area contributed by atoms with Crippen LogP contribution in [0.3, 0.4) is 0 Å².